The molecular weight excluding hydrogens is 326 g/mol. The van der Waals surface area contributed by atoms with Gasteiger partial charge < -0.3 is 4.74 Å². The molecule has 1 aromatic heterocycles. The number of ether oxygens (including phenoxy) is 1. The van der Waals surface area contributed by atoms with Crippen molar-refractivity contribution in [3.05, 3.63) is 64.2 Å². The molecule has 3 aromatic rings. The number of fused-ring (bicyclic) bond motifs is 1. The van der Waals surface area contributed by atoms with Crippen molar-refractivity contribution in [3.8, 4) is 11.5 Å². The lowest BCUT2D eigenvalue weighted by Crippen LogP contribution is -1.89. The molecule has 0 atom stereocenters. The molecule has 0 bridgehead atoms. The zero-order valence-corrected chi connectivity index (χ0v) is 12.1. The van der Waals surface area contributed by atoms with Gasteiger partial charge in [0, 0.05) is 16.1 Å². The minimum atomic E-state index is 0.649. The van der Waals surface area contributed by atoms with Gasteiger partial charge in [0.15, 0.2) is 5.75 Å². The standard InChI is InChI=1S/C15H9BrClNO/c16-11-8-9-18-15-13(7-6-12(17)14(11)15)19-10-4-2-1-3-5-10/h1-9H. The molecule has 0 aliphatic heterocycles. The molecule has 4 heteroatoms. The third kappa shape index (κ3) is 2.44. The lowest BCUT2D eigenvalue weighted by molar-refractivity contribution is 0.487. The summed E-state index contributed by atoms with van der Waals surface area (Å²) in [5.41, 5.74) is 0.741. The summed E-state index contributed by atoms with van der Waals surface area (Å²) in [6.07, 6.45) is 1.72. The summed E-state index contributed by atoms with van der Waals surface area (Å²) in [5.74, 6) is 1.46. The highest BCUT2D eigenvalue weighted by molar-refractivity contribution is 9.10. The monoisotopic (exact) mass is 333 g/mol. The van der Waals surface area contributed by atoms with Crippen LogP contribution in [0.2, 0.25) is 5.02 Å². The van der Waals surface area contributed by atoms with Gasteiger partial charge in [0.2, 0.25) is 0 Å². The van der Waals surface area contributed by atoms with Crippen LogP contribution in [0.3, 0.4) is 0 Å². The van der Waals surface area contributed by atoms with E-state index in [0.29, 0.717) is 10.8 Å². The van der Waals surface area contributed by atoms with Crippen molar-refractivity contribution in [2.24, 2.45) is 0 Å². The molecule has 0 aliphatic rings. The number of pyridine rings is 1. The Kier molecular flexibility index (Phi) is 3.40. The van der Waals surface area contributed by atoms with Crippen molar-refractivity contribution in [1.82, 2.24) is 4.98 Å². The van der Waals surface area contributed by atoms with E-state index < -0.39 is 0 Å². The molecule has 0 aliphatic carbocycles. The number of halogens is 2. The van der Waals surface area contributed by atoms with Crippen LogP contribution in [-0.4, -0.2) is 4.98 Å². The van der Waals surface area contributed by atoms with Gasteiger partial charge >= 0.3 is 0 Å². The second-order valence-electron chi connectivity index (χ2n) is 3.98. The molecule has 0 N–H and O–H groups in total. The van der Waals surface area contributed by atoms with Crippen molar-refractivity contribution in [3.63, 3.8) is 0 Å². The number of hydrogen-bond acceptors (Lipinski definition) is 2. The van der Waals surface area contributed by atoms with E-state index in [1.807, 2.05) is 48.5 Å². The third-order valence-corrected chi connectivity index (χ3v) is 3.70. The number of aromatic nitrogens is 1. The van der Waals surface area contributed by atoms with E-state index in [0.717, 1.165) is 21.1 Å². The van der Waals surface area contributed by atoms with E-state index in [2.05, 4.69) is 20.9 Å². The molecule has 0 saturated heterocycles. The molecule has 19 heavy (non-hydrogen) atoms. The van der Waals surface area contributed by atoms with Gasteiger partial charge in [-0.25, -0.2) is 0 Å². The van der Waals surface area contributed by atoms with E-state index in [1.165, 1.54) is 0 Å². The van der Waals surface area contributed by atoms with Gasteiger partial charge in [0.1, 0.15) is 11.3 Å². The van der Waals surface area contributed by atoms with Crippen LogP contribution in [0.5, 0.6) is 11.5 Å². The van der Waals surface area contributed by atoms with Crippen molar-refractivity contribution >= 4 is 38.4 Å². The van der Waals surface area contributed by atoms with Gasteiger partial charge in [-0.2, -0.15) is 0 Å². The fourth-order valence-electron chi connectivity index (χ4n) is 1.86. The topological polar surface area (TPSA) is 22.1 Å². The molecular formula is C15H9BrClNO. The van der Waals surface area contributed by atoms with E-state index in [-0.39, 0.29) is 0 Å². The number of para-hydroxylation sites is 1. The van der Waals surface area contributed by atoms with Crippen LogP contribution in [-0.2, 0) is 0 Å². The zero-order chi connectivity index (χ0) is 13.2. The normalized spacial score (nSPS) is 10.6. The van der Waals surface area contributed by atoms with Gasteiger partial charge in [0.25, 0.3) is 0 Å². The maximum Gasteiger partial charge on any atom is 0.153 e. The molecule has 0 amide bonds. The van der Waals surface area contributed by atoms with Crippen LogP contribution >= 0.6 is 27.5 Å². The Morgan fingerprint density at radius 1 is 1.00 bits per heavy atom. The Bertz CT molecular complexity index is 723. The Morgan fingerprint density at radius 2 is 1.79 bits per heavy atom. The first-order valence-corrected chi connectivity index (χ1v) is 6.88. The second-order valence-corrected chi connectivity index (χ2v) is 5.24. The molecule has 2 aromatic carbocycles. The molecule has 2 nitrogen and oxygen atoms in total. The average Bonchev–Trinajstić information content (AvgIpc) is 2.43. The molecule has 0 spiro atoms. The van der Waals surface area contributed by atoms with Crippen LogP contribution in [0.25, 0.3) is 10.9 Å². The summed E-state index contributed by atoms with van der Waals surface area (Å²) in [6.45, 7) is 0. The van der Waals surface area contributed by atoms with Gasteiger partial charge in [-0.1, -0.05) is 29.8 Å². The molecule has 0 radical (unpaired) electrons. The van der Waals surface area contributed by atoms with Crippen molar-refractivity contribution in [1.29, 1.82) is 0 Å². The van der Waals surface area contributed by atoms with Gasteiger partial charge in [-0.3, -0.25) is 4.98 Å². The van der Waals surface area contributed by atoms with Gasteiger partial charge in [-0.15, -0.1) is 0 Å². The second kappa shape index (κ2) is 5.19. The molecule has 94 valence electrons. The molecule has 0 saturated carbocycles. The number of nitrogens with zero attached hydrogens (tertiary/aromatic N) is 1. The summed E-state index contributed by atoms with van der Waals surface area (Å²) in [7, 11) is 0. The van der Waals surface area contributed by atoms with Crippen molar-refractivity contribution in [2.45, 2.75) is 0 Å². The van der Waals surface area contributed by atoms with Crippen LogP contribution in [0.1, 0.15) is 0 Å². The number of benzene rings is 2. The highest BCUT2D eigenvalue weighted by Crippen LogP contribution is 2.36. The first-order chi connectivity index (χ1) is 9.25. The van der Waals surface area contributed by atoms with Crippen molar-refractivity contribution in [2.75, 3.05) is 0 Å². The molecule has 1 heterocycles. The minimum Gasteiger partial charge on any atom is -0.455 e. The predicted octanol–water partition coefficient (Wildman–Crippen LogP) is 5.44. The van der Waals surface area contributed by atoms with Gasteiger partial charge in [0.05, 0.1) is 5.02 Å². The molecule has 3 rings (SSSR count). The van der Waals surface area contributed by atoms with E-state index in [1.54, 1.807) is 6.20 Å². The van der Waals surface area contributed by atoms with Crippen LogP contribution < -0.4 is 4.74 Å². The quantitative estimate of drug-likeness (QED) is 0.622. The third-order valence-electron chi connectivity index (χ3n) is 2.72. The maximum atomic E-state index is 6.21. The van der Waals surface area contributed by atoms with Crippen molar-refractivity contribution < 1.29 is 4.74 Å². The highest BCUT2D eigenvalue weighted by atomic mass is 79.9. The molecule has 0 fully saturated rings. The summed E-state index contributed by atoms with van der Waals surface area (Å²) in [4.78, 5) is 4.36. The average molecular weight is 335 g/mol. The minimum absolute atomic E-state index is 0.649. The Balaban J connectivity index is 2.15. The summed E-state index contributed by atoms with van der Waals surface area (Å²) in [6, 6.07) is 15.1. The van der Waals surface area contributed by atoms with Crippen LogP contribution in [0.4, 0.5) is 0 Å². The smallest absolute Gasteiger partial charge is 0.153 e. The number of rotatable bonds is 2. The van der Waals surface area contributed by atoms with Gasteiger partial charge in [-0.05, 0) is 46.3 Å². The van der Waals surface area contributed by atoms with Crippen LogP contribution in [0.15, 0.2) is 59.2 Å². The SMILES string of the molecule is Clc1ccc(Oc2ccccc2)c2nccc(Br)c12. The fraction of sp³-hybridized carbons (Fsp3) is 0. The summed E-state index contributed by atoms with van der Waals surface area (Å²) >= 11 is 9.70. The number of hydrogen-bond donors (Lipinski definition) is 0. The van der Waals surface area contributed by atoms with E-state index in [9.17, 15) is 0 Å². The first kappa shape index (κ1) is 12.5. The summed E-state index contributed by atoms with van der Waals surface area (Å²) in [5, 5.41) is 1.51. The lowest BCUT2D eigenvalue weighted by Gasteiger charge is -2.10. The predicted molar refractivity (Wildman–Crippen MR) is 81.0 cm³/mol. The Hall–Kier alpha value is -1.58. The maximum absolute atomic E-state index is 6.21. The Morgan fingerprint density at radius 3 is 2.58 bits per heavy atom. The largest absolute Gasteiger partial charge is 0.455 e. The highest BCUT2D eigenvalue weighted by Gasteiger charge is 2.10. The van der Waals surface area contributed by atoms with E-state index >= 15 is 0 Å². The zero-order valence-electron chi connectivity index (χ0n) is 9.81. The van der Waals surface area contributed by atoms with E-state index in [4.69, 9.17) is 16.3 Å². The Labute approximate surface area is 124 Å². The lowest BCUT2D eigenvalue weighted by atomic mass is 10.2. The molecule has 0 unspecified atom stereocenters. The fourth-order valence-corrected chi connectivity index (χ4v) is 2.75. The summed E-state index contributed by atoms with van der Waals surface area (Å²) < 4.78 is 6.76. The first-order valence-electron chi connectivity index (χ1n) is 5.71. The van der Waals surface area contributed by atoms with Crippen LogP contribution in [0, 0.1) is 0 Å².